The molecule has 8 heteroatoms. The van der Waals surface area contributed by atoms with Crippen molar-refractivity contribution in [2.24, 2.45) is 0 Å². The third-order valence-corrected chi connectivity index (χ3v) is 5.72. The number of rotatable bonds is 4. The summed E-state index contributed by atoms with van der Waals surface area (Å²) in [7, 11) is 0. The van der Waals surface area contributed by atoms with Crippen LogP contribution in [0.2, 0.25) is 5.02 Å². The molecule has 1 aromatic heterocycles. The number of ether oxygens (including phenoxy) is 2. The molecule has 1 saturated heterocycles. The number of benzene rings is 2. The Morgan fingerprint density at radius 2 is 1.87 bits per heavy atom. The second kappa shape index (κ2) is 8.61. The maximum Gasteiger partial charge on any atom is 0.267 e. The van der Waals surface area contributed by atoms with E-state index in [1.807, 2.05) is 53.4 Å². The van der Waals surface area contributed by atoms with Crippen LogP contribution in [0.15, 0.2) is 59.1 Å². The van der Waals surface area contributed by atoms with Crippen LogP contribution < -0.4 is 9.47 Å². The number of hydrogen-bond donors (Lipinski definition) is 0. The largest absolute Gasteiger partial charge is 0.485 e. The van der Waals surface area contributed by atoms with Gasteiger partial charge in [-0.2, -0.15) is 0 Å². The molecule has 5 rings (SSSR count). The summed E-state index contributed by atoms with van der Waals surface area (Å²) in [4.78, 5) is 21.3. The van der Waals surface area contributed by atoms with Gasteiger partial charge in [-0.1, -0.05) is 35.9 Å². The molecule has 3 heterocycles. The van der Waals surface area contributed by atoms with Crippen LogP contribution in [0.5, 0.6) is 11.5 Å². The second-order valence-electron chi connectivity index (χ2n) is 7.59. The fourth-order valence-electron chi connectivity index (χ4n) is 3.82. The van der Waals surface area contributed by atoms with E-state index < -0.39 is 6.10 Å². The van der Waals surface area contributed by atoms with Crippen molar-refractivity contribution in [2.75, 3.05) is 32.8 Å². The average molecular weight is 440 g/mol. The quantitative estimate of drug-likeness (QED) is 0.620. The van der Waals surface area contributed by atoms with Crippen molar-refractivity contribution in [3.8, 4) is 22.8 Å². The van der Waals surface area contributed by atoms with Gasteiger partial charge in [0.15, 0.2) is 17.3 Å². The maximum absolute atomic E-state index is 12.9. The lowest BCUT2D eigenvalue weighted by atomic mass is 10.2. The van der Waals surface area contributed by atoms with Gasteiger partial charge in [-0.3, -0.25) is 9.69 Å². The van der Waals surface area contributed by atoms with E-state index in [-0.39, 0.29) is 12.5 Å². The summed E-state index contributed by atoms with van der Waals surface area (Å²) in [6.07, 6.45) is 1.12. The lowest BCUT2D eigenvalue weighted by Crippen LogP contribution is -2.53. The summed E-state index contributed by atoms with van der Waals surface area (Å²) in [6.45, 7) is 3.57. The van der Waals surface area contributed by atoms with E-state index in [0.717, 1.165) is 18.7 Å². The minimum absolute atomic E-state index is 0.0338. The Labute approximate surface area is 185 Å². The molecule has 2 aliphatic rings. The molecule has 1 amide bonds. The lowest BCUT2D eigenvalue weighted by molar-refractivity contribution is -0.143. The molecule has 0 saturated carbocycles. The van der Waals surface area contributed by atoms with Gasteiger partial charge in [0.05, 0.1) is 12.7 Å². The van der Waals surface area contributed by atoms with Crippen LogP contribution in [0.3, 0.4) is 0 Å². The summed E-state index contributed by atoms with van der Waals surface area (Å²) in [5.74, 6) is 2.61. The number of amides is 1. The number of carbonyl (C=O) groups excluding carboxylic acids is 1. The fourth-order valence-corrected chi connectivity index (χ4v) is 4.01. The minimum atomic E-state index is -0.603. The molecule has 0 N–H and O–H groups in total. The molecule has 31 heavy (non-hydrogen) atoms. The van der Waals surface area contributed by atoms with E-state index in [4.69, 9.17) is 25.5 Å². The van der Waals surface area contributed by atoms with Crippen LogP contribution in [0.1, 0.15) is 5.89 Å². The highest BCUT2D eigenvalue weighted by Gasteiger charge is 2.32. The highest BCUT2D eigenvalue weighted by Crippen LogP contribution is 2.31. The molecule has 7 nitrogen and oxygen atoms in total. The van der Waals surface area contributed by atoms with Crippen LogP contribution >= 0.6 is 11.6 Å². The molecule has 1 unspecified atom stereocenters. The normalized spacial score (nSPS) is 18.7. The lowest BCUT2D eigenvalue weighted by Gasteiger charge is -2.36. The summed E-state index contributed by atoms with van der Waals surface area (Å²) in [6, 6.07) is 14.9. The standard InChI is InChI=1S/C23H22ClN3O4/c24-17-5-3-4-16(12-17)20-13-25-22(31-20)14-26-8-10-27(11-9-26)23(28)21-15-29-18-6-1-2-7-19(18)30-21/h1-7,12-13,21H,8-11,14-15H2. The molecule has 2 aliphatic heterocycles. The van der Waals surface area contributed by atoms with Gasteiger partial charge in [0, 0.05) is 36.8 Å². The fraction of sp³-hybridized carbons (Fsp3) is 0.304. The topological polar surface area (TPSA) is 68.0 Å². The molecule has 0 spiro atoms. The first-order chi connectivity index (χ1) is 15.2. The predicted molar refractivity (Wildman–Crippen MR) is 115 cm³/mol. The Morgan fingerprint density at radius 3 is 2.68 bits per heavy atom. The first-order valence-electron chi connectivity index (χ1n) is 10.3. The van der Waals surface area contributed by atoms with E-state index >= 15 is 0 Å². The highest BCUT2D eigenvalue weighted by atomic mass is 35.5. The van der Waals surface area contributed by atoms with Crippen LogP contribution in [0.25, 0.3) is 11.3 Å². The van der Waals surface area contributed by atoms with Gasteiger partial charge < -0.3 is 18.8 Å². The van der Waals surface area contributed by atoms with Crippen molar-refractivity contribution in [2.45, 2.75) is 12.6 Å². The third kappa shape index (κ3) is 4.38. The predicted octanol–water partition coefficient (Wildman–Crippen LogP) is 3.48. The molecule has 1 fully saturated rings. The molecule has 0 radical (unpaired) electrons. The molecule has 160 valence electrons. The first-order valence-corrected chi connectivity index (χ1v) is 10.6. The zero-order valence-corrected chi connectivity index (χ0v) is 17.6. The number of para-hydroxylation sites is 2. The van der Waals surface area contributed by atoms with E-state index in [1.165, 1.54) is 0 Å². The minimum Gasteiger partial charge on any atom is -0.485 e. The Balaban J connectivity index is 1.15. The molecule has 0 bridgehead atoms. The summed E-state index contributed by atoms with van der Waals surface area (Å²) >= 11 is 6.06. The van der Waals surface area contributed by atoms with Crippen molar-refractivity contribution >= 4 is 17.5 Å². The van der Waals surface area contributed by atoms with E-state index in [9.17, 15) is 4.79 Å². The van der Waals surface area contributed by atoms with Gasteiger partial charge in [0.2, 0.25) is 12.0 Å². The number of aromatic nitrogens is 1. The van der Waals surface area contributed by atoms with Crippen LogP contribution in [0, 0.1) is 0 Å². The Kier molecular flexibility index (Phi) is 5.53. The zero-order valence-electron chi connectivity index (χ0n) is 16.9. The highest BCUT2D eigenvalue weighted by molar-refractivity contribution is 6.30. The smallest absolute Gasteiger partial charge is 0.267 e. The molecular weight excluding hydrogens is 418 g/mol. The first kappa shape index (κ1) is 19.9. The van der Waals surface area contributed by atoms with E-state index in [0.29, 0.717) is 47.8 Å². The van der Waals surface area contributed by atoms with Gasteiger partial charge in [0.1, 0.15) is 6.61 Å². The van der Waals surface area contributed by atoms with Gasteiger partial charge in [-0.05, 0) is 24.3 Å². The van der Waals surface area contributed by atoms with Crippen molar-refractivity contribution in [3.63, 3.8) is 0 Å². The number of hydrogen-bond acceptors (Lipinski definition) is 6. The number of oxazole rings is 1. The Hall–Kier alpha value is -3.03. The molecule has 2 aromatic carbocycles. The van der Waals surface area contributed by atoms with E-state index in [1.54, 1.807) is 6.20 Å². The number of halogens is 1. The number of carbonyl (C=O) groups is 1. The van der Waals surface area contributed by atoms with Crippen molar-refractivity contribution in [1.82, 2.24) is 14.8 Å². The molecule has 1 atom stereocenters. The van der Waals surface area contributed by atoms with Crippen molar-refractivity contribution < 1.29 is 18.7 Å². The zero-order chi connectivity index (χ0) is 21.2. The monoisotopic (exact) mass is 439 g/mol. The van der Waals surface area contributed by atoms with E-state index in [2.05, 4.69) is 9.88 Å². The average Bonchev–Trinajstić information content (AvgIpc) is 3.27. The van der Waals surface area contributed by atoms with Crippen LogP contribution in [-0.4, -0.2) is 59.6 Å². The third-order valence-electron chi connectivity index (χ3n) is 5.49. The van der Waals surface area contributed by atoms with Crippen molar-refractivity contribution in [1.29, 1.82) is 0 Å². The van der Waals surface area contributed by atoms with Gasteiger partial charge in [-0.25, -0.2) is 4.98 Å². The van der Waals surface area contributed by atoms with Gasteiger partial charge in [-0.15, -0.1) is 0 Å². The summed E-state index contributed by atoms with van der Waals surface area (Å²) in [5.41, 5.74) is 0.901. The maximum atomic E-state index is 12.9. The SMILES string of the molecule is O=C(C1COc2ccccc2O1)N1CCN(Cc2ncc(-c3cccc(Cl)c3)o2)CC1. The van der Waals surface area contributed by atoms with Crippen molar-refractivity contribution in [3.05, 3.63) is 65.6 Å². The second-order valence-corrected chi connectivity index (χ2v) is 8.03. The number of piperazine rings is 1. The van der Waals surface area contributed by atoms with Crippen LogP contribution in [0.4, 0.5) is 0 Å². The summed E-state index contributed by atoms with van der Waals surface area (Å²) in [5, 5.41) is 0.659. The Morgan fingerprint density at radius 1 is 1.06 bits per heavy atom. The number of nitrogens with zero attached hydrogens (tertiary/aromatic N) is 3. The Bertz CT molecular complexity index is 1080. The molecule has 3 aromatic rings. The van der Waals surface area contributed by atoms with Gasteiger partial charge in [0.25, 0.3) is 5.91 Å². The summed E-state index contributed by atoms with van der Waals surface area (Å²) < 4.78 is 17.4. The number of fused-ring (bicyclic) bond motifs is 1. The molecular formula is C23H22ClN3O4. The van der Waals surface area contributed by atoms with Gasteiger partial charge >= 0.3 is 0 Å². The molecule has 0 aliphatic carbocycles. The van der Waals surface area contributed by atoms with Crippen LogP contribution in [-0.2, 0) is 11.3 Å².